The standard InChI is InChI=1S/C19H22BrNO3/c1-24-18-12-16(20)8-7-15(18)13-21-17(9-10-19(22)23)11-14-5-3-2-4-6-14/h2-8,12,17,21H,9-11,13H2,1H3,(H,22,23). The van der Waals surface area contributed by atoms with E-state index in [1.165, 1.54) is 5.56 Å². The van der Waals surface area contributed by atoms with Gasteiger partial charge >= 0.3 is 5.97 Å². The lowest BCUT2D eigenvalue weighted by Gasteiger charge is -2.19. The number of aliphatic carboxylic acids is 1. The van der Waals surface area contributed by atoms with E-state index in [0.717, 1.165) is 22.2 Å². The molecule has 2 aromatic carbocycles. The monoisotopic (exact) mass is 391 g/mol. The number of carboxylic acids is 1. The van der Waals surface area contributed by atoms with Crippen molar-refractivity contribution in [3.8, 4) is 5.75 Å². The van der Waals surface area contributed by atoms with Crippen molar-refractivity contribution in [3.05, 3.63) is 64.1 Å². The molecular formula is C19H22BrNO3. The minimum Gasteiger partial charge on any atom is -0.496 e. The summed E-state index contributed by atoms with van der Waals surface area (Å²) < 4.78 is 6.38. The van der Waals surface area contributed by atoms with E-state index < -0.39 is 5.97 Å². The number of carboxylic acid groups (broad SMARTS) is 1. The summed E-state index contributed by atoms with van der Waals surface area (Å²) >= 11 is 3.44. The normalized spacial score (nSPS) is 11.9. The van der Waals surface area contributed by atoms with Gasteiger partial charge in [0.2, 0.25) is 0 Å². The van der Waals surface area contributed by atoms with Crippen LogP contribution in [0.5, 0.6) is 5.75 Å². The van der Waals surface area contributed by atoms with E-state index in [9.17, 15) is 4.79 Å². The number of nitrogens with one attached hydrogen (secondary N) is 1. The Morgan fingerprint density at radius 1 is 1.25 bits per heavy atom. The van der Waals surface area contributed by atoms with E-state index >= 15 is 0 Å². The Balaban J connectivity index is 2.03. The quantitative estimate of drug-likeness (QED) is 0.677. The van der Waals surface area contributed by atoms with Crippen LogP contribution in [0.4, 0.5) is 0 Å². The molecule has 0 aliphatic carbocycles. The Hall–Kier alpha value is -1.85. The van der Waals surface area contributed by atoms with Gasteiger partial charge in [0.25, 0.3) is 0 Å². The molecule has 1 unspecified atom stereocenters. The number of carbonyl (C=O) groups is 1. The molecule has 0 aromatic heterocycles. The van der Waals surface area contributed by atoms with Crippen LogP contribution in [0.15, 0.2) is 53.0 Å². The molecule has 128 valence electrons. The highest BCUT2D eigenvalue weighted by Gasteiger charge is 2.13. The summed E-state index contributed by atoms with van der Waals surface area (Å²) in [4.78, 5) is 10.9. The lowest BCUT2D eigenvalue weighted by Crippen LogP contribution is -2.31. The highest BCUT2D eigenvalue weighted by molar-refractivity contribution is 9.10. The topological polar surface area (TPSA) is 58.6 Å². The molecule has 24 heavy (non-hydrogen) atoms. The number of hydrogen-bond acceptors (Lipinski definition) is 3. The predicted molar refractivity (Wildman–Crippen MR) is 98.3 cm³/mol. The molecule has 0 aliphatic heterocycles. The number of methoxy groups -OCH3 is 1. The average molecular weight is 392 g/mol. The van der Waals surface area contributed by atoms with Crippen LogP contribution in [0.25, 0.3) is 0 Å². The molecule has 0 saturated heterocycles. The van der Waals surface area contributed by atoms with Gasteiger partial charge in [-0.25, -0.2) is 0 Å². The lowest BCUT2D eigenvalue weighted by atomic mass is 10.0. The summed E-state index contributed by atoms with van der Waals surface area (Å²) in [5, 5.41) is 12.4. The smallest absolute Gasteiger partial charge is 0.303 e. The molecule has 2 rings (SSSR count). The van der Waals surface area contributed by atoms with Crippen LogP contribution in [-0.2, 0) is 17.8 Å². The van der Waals surface area contributed by atoms with Crippen molar-refractivity contribution in [2.24, 2.45) is 0 Å². The third kappa shape index (κ3) is 5.98. The predicted octanol–water partition coefficient (Wildman–Crippen LogP) is 4.02. The second-order valence-corrected chi connectivity index (χ2v) is 6.57. The molecule has 2 N–H and O–H groups in total. The third-order valence-electron chi connectivity index (χ3n) is 3.86. The van der Waals surface area contributed by atoms with Gasteiger partial charge in [-0.05, 0) is 30.5 Å². The first kappa shape index (κ1) is 18.5. The van der Waals surface area contributed by atoms with Crippen molar-refractivity contribution in [1.29, 1.82) is 0 Å². The van der Waals surface area contributed by atoms with Crippen LogP contribution < -0.4 is 10.1 Å². The Labute approximate surface area is 151 Å². The first-order valence-corrected chi connectivity index (χ1v) is 8.69. The number of halogens is 1. The van der Waals surface area contributed by atoms with Gasteiger partial charge < -0.3 is 15.2 Å². The summed E-state index contributed by atoms with van der Waals surface area (Å²) in [5.74, 6) is 0.0460. The van der Waals surface area contributed by atoms with Crippen molar-refractivity contribution in [2.45, 2.75) is 31.8 Å². The number of rotatable bonds is 9. The number of ether oxygens (including phenoxy) is 1. The fourth-order valence-electron chi connectivity index (χ4n) is 2.59. The first-order chi connectivity index (χ1) is 11.6. The third-order valence-corrected chi connectivity index (χ3v) is 4.36. The van der Waals surface area contributed by atoms with Gasteiger partial charge in [-0.15, -0.1) is 0 Å². The Kier molecular flexibility index (Phi) is 7.28. The van der Waals surface area contributed by atoms with E-state index in [-0.39, 0.29) is 12.5 Å². The molecule has 0 fully saturated rings. The van der Waals surface area contributed by atoms with Crippen LogP contribution >= 0.6 is 15.9 Å². The van der Waals surface area contributed by atoms with E-state index in [1.807, 2.05) is 36.4 Å². The molecule has 0 saturated carbocycles. The Morgan fingerprint density at radius 3 is 2.67 bits per heavy atom. The van der Waals surface area contributed by atoms with Crippen molar-refractivity contribution in [2.75, 3.05) is 7.11 Å². The van der Waals surface area contributed by atoms with E-state index in [2.05, 4.69) is 33.4 Å². The molecule has 1 atom stereocenters. The summed E-state index contributed by atoms with van der Waals surface area (Å²) in [6.07, 6.45) is 1.54. The zero-order chi connectivity index (χ0) is 17.4. The summed E-state index contributed by atoms with van der Waals surface area (Å²) in [6.45, 7) is 0.633. The molecule has 4 nitrogen and oxygen atoms in total. The summed E-state index contributed by atoms with van der Waals surface area (Å²) in [5.41, 5.74) is 2.25. The van der Waals surface area contributed by atoms with Crippen molar-refractivity contribution in [1.82, 2.24) is 5.32 Å². The fourth-order valence-corrected chi connectivity index (χ4v) is 2.93. The number of hydrogen-bond donors (Lipinski definition) is 2. The fraction of sp³-hybridized carbons (Fsp3) is 0.316. The number of benzene rings is 2. The van der Waals surface area contributed by atoms with Crippen LogP contribution in [0.3, 0.4) is 0 Å². The molecule has 0 amide bonds. The highest BCUT2D eigenvalue weighted by atomic mass is 79.9. The zero-order valence-electron chi connectivity index (χ0n) is 13.7. The van der Waals surface area contributed by atoms with Crippen LogP contribution in [-0.4, -0.2) is 24.2 Å². The Morgan fingerprint density at radius 2 is 2.00 bits per heavy atom. The maximum atomic E-state index is 10.9. The summed E-state index contributed by atoms with van der Waals surface area (Å²) in [7, 11) is 1.65. The van der Waals surface area contributed by atoms with E-state index in [0.29, 0.717) is 13.0 Å². The molecule has 2 aromatic rings. The molecule has 0 radical (unpaired) electrons. The highest BCUT2D eigenvalue weighted by Crippen LogP contribution is 2.23. The summed E-state index contributed by atoms with van der Waals surface area (Å²) in [6, 6.07) is 16.1. The van der Waals surface area contributed by atoms with Crippen LogP contribution in [0.2, 0.25) is 0 Å². The molecule has 0 bridgehead atoms. The minimum atomic E-state index is -0.768. The second-order valence-electron chi connectivity index (χ2n) is 5.66. The minimum absolute atomic E-state index is 0.0943. The molecule has 0 heterocycles. The molecule has 5 heteroatoms. The molecular weight excluding hydrogens is 370 g/mol. The van der Waals surface area contributed by atoms with E-state index in [4.69, 9.17) is 9.84 Å². The largest absolute Gasteiger partial charge is 0.496 e. The second kappa shape index (κ2) is 9.45. The van der Waals surface area contributed by atoms with E-state index in [1.54, 1.807) is 7.11 Å². The van der Waals surface area contributed by atoms with Gasteiger partial charge in [0, 0.05) is 29.0 Å². The average Bonchev–Trinajstić information content (AvgIpc) is 2.58. The van der Waals surface area contributed by atoms with Gasteiger partial charge in [0.05, 0.1) is 7.11 Å². The first-order valence-electron chi connectivity index (χ1n) is 7.90. The van der Waals surface area contributed by atoms with Crippen molar-refractivity contribution < 1.29 is 14.6 Å². The maximum absolute atomic E-state index is 10.9. The van der Waals surface area contributed by atoms with Crippen molar-refractivity contribution >= 4 is 21.9 Å². The van der Waals surface area contributed by atoms with Gasteiger partial charge in [-0.3, -0.25) is 4.79 Å². The van der Waals surface area contributed by atoms with Gasteiger partial charge in [0.1, 0.15) is 5.75 Å². The molecule has 0 aliphatic rings. The zero-order valence-corrected chi connectivity index (χ0v) is 15.3. The maximum Gasteiger partial charge on any atom is 0.303 e. The van der Waals surface area contributed by atoms with Crippen LogP contribution in [0, 0.1) is 0 Å². The lowest BCUT2D eigenvalue weighted by molar-refractivity contribution is -0.137. The van der Waals surface area contributed by atoms with Crippen LogP contribution in [0.1, 0.15) is 24.0 Å². The van der Waals surface area contributed by atoms with Crippen molar-refractivity contribution in [3.63, 3.8) is 0 Å². The SMILES string of the molecule is COc1cc(Br)ccc1CNC(CCC(=O)O)Cc1ccccc1. The van der Waals surface area contributed by atoms with Gasteiger partial charge in [-0.1, -0.05) is 52.3 Å². The molecule has 0 spiro atoms. The Bertz CT molecular complexity index is 661. The van der Waals surface area contributed by atoms with Gasteiger partial charge in [0.15, 0.2) is 0 Å². The van der Waals surface area contributed by atoms with Gasteiger partial charge in [-0.2, -0.15) is 0 Å².